The van der Waals surface area contributed by atoms with E-state index >= 15 is 0 Å². The van der Waals surface area contributed by atoms with Crippen LogP contribution in [0.1, 0.15) is 25.0 Å². The summed E-state index contributed by atoms with van der Waals surface area (Å²) in [6, 6.07) is 50.9. The molecule has 0 amide bonds. The first-order chi connectivity index (χ1) is 21.6. The van der Waals surface area contributed by atoms with E-state index in [2.05, 4.69) is 158 Å². The summed E-state index contributed by atoms with van der Waals surface area (Å²) in [4.78, 5) is 4.80. The van der Waals surface area contributed by atoms with Gasteiger partial charge in [0.15, 0.2) is 0 Å². The average molecular weight is 563 g/mol. The Balaban J connectivity index is 1.29. The maximum Gasteiger partial charge on any atom is 0.0708 e. The molecule has 0 unspecified atom stereocenters. The zero-order chi connectivity index (χ0) is 29.4. The Hall–Kier alpha value is -5.47. The molecule has 0 saturated heterocycles. The maximum atomic E-state index is 4.80. The Morgan fingerprint density at radius 3 is 2.09 bits per heavy atom. The zero-order valence-corrected chi connectivity index (χ0v) is 24.8. The summed E-state index contributed by atoms with van der Waals surface area (Å²) in [5.74, 6) is 0. The van der Waals surface area contributed by atoms with Crippen molar-refractivity contribution in [3.63, 3.8) is 0 Å². The Morgan fingerprint density at radius 1 is 0.500 bits per heavy atom. The topological polar surface area (TPSA) is 17.8 Å². The molecule has 0 aliphatic carbocycles. The van der Waals surface area contributed by atoms with E-state index in [1.807, 2.05) is 6.20 Å². The van der Waals surface area contributed by atoms with Crippen LogP contribution in [0.4, 0.5) is 0 Å². The van der Waals surface area contributed by atoms with Crippen LogP contribution >= 0.6 is 0 Å². The summed E-state index contributed by atoms with van der Waals surface area (Å²) in [5.41, 5.74) is 13.4. The minimum Gasteiger partial charge on any atom is -0.309 e. The van der Waals surface area contributed by atoms with E-state index in [-0.39, 0.29) is 5.41 Å². The molecule has 0 bridgehead atoms. The van der Waals surface area contributed by atoms with Crippen LogP contribution in [-0.2, 0) is 5.41 Å². The number of pyridine rings is 1. The van der Waals surface area contributed by atoms with Crippen LogP contribution in [0, 0.1) is 0 Å². The zero-order valence-electron chi connectivity index (χ0n) is 24.8. The van der Waals surface area contributed by atoms with Crippen molar-refractivity contribution in [1.29, 1.82) is 0 Å². The number of hydrogen-bond donors (Lipinski definition) is 0. The van der Waals surface area contributed by atoms with Gasteiger partial charge in [-0.15, -0.1) is 0 Å². The van der Waals surface area contributed by atoms with Crippen molar-refractivity contribution in [3.05, 3.63) is 157 Å². The molecule has 0 saturated carbocycles. The molecule has 2 heteroatoms. The van der Waals surface area contributed by atoms with Crippen molar-refractivity contribution in [1.82, 2.24) is 9.55 Å². The maximum absolute atomic E-state index is 4.80. The largest absolute Gasteiger partial charge is 0.309 e. The van der Waals surface area contributed by atoms with Crippen molar-refractivity contribution in [2.75, 3.05) is 0 Å². The predicted octanol–water partition coefficient (Wildman–Crippen LogP) is 11.0. The molecular weight excluding hydrogens is 532 g/mol. The molecule has 208 valence electrons. The van der Waals surface area contributed by atoms with Gasteiger partial charge in [-0.1, -0.05) is 111 Å². The van der Waals surface area contributed by atoms with E-state index in [9.17, 15) is 0 Å². The van der Waals surface area contributed by atoms with Crippen molar-refractivity contribution < 1.29 is 0 Å². The highest BCUT2D eigenvalue weighted by molar-refractivity contribution is 6.14. The molecule has 0 radical (unpaired) electrons. The summed E-state index contributed by atoms with van der Waals surface area (Å²) in [6.07, 6.45) is 1.97. The highest BCUT2D eigenvalue weighted by Crippen LogP contribution is 2.49. The molecule has 0 fully saturated rings. The molecule has 6 aromatic carbocycles. The molecule has 0 N–H and O–H groups in total. The number of aromatic nitrogens is 2. The van der Waals surface area contributed by atoms with Gasteiger partial charge in [-0.3, -0.25) is 4.98 Å². The highest BCUT2D eigenvalue weighted by atomic mass is 15.0. The van der Waals surface area contributed by atoms with Gasteiger partial charge in [0.05, 0.1) is 22.4 Å². The molecule has 3 heterocycles. The standard InChI is InChI=1S/C42H30N2/c1-42(2)36-17-8-9-18-40(36)44-39-20-19-30(22-34(39)35-23-33(24-37(42)41(35)44)27-11-4-3-5-12-27)28-15-10-16-31(21-28)38-25-29-13-6-7-14-32(29)26-43-38/h3-26H,1-2H3. The van der Waals surface area contributed by atoms with E-state index in [1.54, 1.807) is 0 Å². The van der Waals surface area contributed by atoms with Gasteiger partial charge >= 0.3 is 0 Å². The fourth-order valence-corrected chi connectivity index (χ4v) is 7.29. The van der Waals surface area contributed by atoms with Crippen molar-refractivity contribution in [3.8, 4) is 39.2 Å². The summed E-state index contributed by atoms with van der Waals surface area (Å²) >= 11 is 0. The van der Waals surface area contributed by atoms with E-state index < -0.39 is 0 Å². The molecule has 8 aromatic rings. The number of para-hydroxylation sites is 1. The number of nitrogens with zero attached hydrogens (tertiary/aromatic N) is 2. The van der Waals surface area contributed by atoms with Gasteiger partial charge in [0, 0.05) is 33.3 Å². The first kappa shape index (κ1) is 25.1. The van der Waals surface area contributed by atoms with Gasteiger partial charge in [-0.05, 0) is 81.2 Å². The van der Waals surface area contributed by atoms with E-state index in [1.165, 1.54) is 66.3 Å². The second-order valence-electron chi connectivity index (χ2n) is 12.5. The Morgan fingerprint density at radius 2 is 1.20 bits per heavy atom. The summed E-state index contributed by atoms with van der Waals surface area (Å²) in [7, 11) is 0. The summed E-state index contributed by atoms with van der Waals surface area (Å²) < 4.78 is 2.49. The van der Waals surface area contributed by atoms with Crippen LogP contribution in [0.2, 0.25) is 0 Å². The lowest BCUT2D eigenvalue weighted by Gasteiger charge is -2.35. The van der Waals surface area contributed by atoms with Crippen LogP contribution in [0.5, 0.6) is 0 Å². The second kappa shape index (κ2) is 9.26. The van der Waals surface area contributed by atoms with Gasteiger partial charge in [0.1, 0.15) is 0 Å². The smallest absolute Gasteiger partial charge is 0.0708 e. The van der Waals surface area contributed by atoms with Crippen LogP contribution < -0.4 is 0 Å². The molecule has 44 heavy (non-hydrogen) atoms. The number of benzene rings is 6. The fraction of sp³-hybridized carbons (Fsp3) is 0.0714. The SMILES string of the molecule is CC1(C)c2ccccc2-n2c3ccc(-c4cccc(-c5cc6ccccc6cn5)c4)cc3c3cc(-c4ccccc4)cc1c32. The first-order valence-corrected chi connectivity index (χ1v) is 15.3. The van der Waals surface area contributed by atoms with Crippen LogP contribution in [0.25, 0.3) is 71.8 Å². The van der Waals surface area contributed by atoms with E-state index in [4.69, 9.17) is 4.98 Å². The van der Waals surface area contributed by atoms with Gasteiger partial charge in [-0.25, -0.2) is 0 Å². The lowest BCUT2D eigenvalue weighted by atomic mass is 9.74. The van der Waals surface area contributed by atoms with Crippen LogP contribution in [0.3, 0.4) is 0 Å². The number of hydrogen-bond acceptors (Lipinski definition) is 1. The van der Waals surface area contributed by atoms with Crippen molar-refractivity contribution in [2.45, 2.75) is 19.3 Å². The molecule has 0 spiro atoms. The molecule has 2 nitrogen and oxygen atoms in total. The third-order valence-electron chi connectivity index (χ3n) is 9.58. The summed E-state index contributed by atoms with van der Waals surface area (Å²) in [5, 5.41) is 4.94. The monoisotopic (exact) mass is 562 g/mol. The number of fused-ring (bicyclic) bond motifs is 6. The molecule has 0 atom stereocenters. The predicted molar refractivity (Wildman–Crippen MR) is 185 cm³/mol. The fourth-order valence-electron chi connectivity index (χ4n) is 7.29. The van der Waals surface area contributed by atoms with Gasteiger partial charge < -0.3 is 4.57 Å². The third kappa shape index (κ3) is 3.64. The lowest BCUT2D eigenvalue weighted by Crippen LogP contribution is -2.26. The van der Waals surface area contributed by atoms with E-state index in [0.29, 0.717) is 0 Å². The Bertz CT molecular complexity index is 2410. The normalized spacial score (nSPS) is 13.4. The second-order valence-corrected chi connectivity index (χ2v) is 12.5. The van der Waals surface area contributed by atoms with Crippen LogP contribution in [0.15, 0.2) is 146 Å². The van der Waals surface area contributed by atoms with Crippen molar-refractivity contribution in [2.24, 2.45) is 0 Å². The quantitative estimate of drug-likeness (QED) is 0.209. The average Bonchev–Trinajstić information content (AvgIpc) is 3.41. The van der Waals surface area contributed by atoms with Gasteiger partial charge in [-0.2, -0.15) is 0 Å². The first-order valence-electron chi connectivity index (χ1n) is 15.3. The minimum absolute atomic E-state index is 0.131. The Labute approximate surface area is 256 Å². The molecule has 9 rings (SSSR count). The van der Waals surface area contributed by atoms with Gasteiger partial charge in [0.2, 0.25) is 0 Å². The molecule has 1 aliphatic heterocycles. The molecule has 1 aliphatic rings. The highest BCUT2D eigenvalue weighted by Gasteiger charge is 2.35. The van der Waals surface area contributed by atoms with Crippen molar-refractivity contribution >= 4 is 32.6 Å². The van der Waals surface area contributed by atoms with Crippen LogP contribution in [-0.4, -0.2) is 9.55 Å². The summed E-state index contributed by atoms with van der Waals surface area (Å²) in [6.45, 7) is 4.74. The lowest BCUT2D eigenvalue weighted by molar-refractivity contribution is 0.630. The Kier molecular flexibility index (Phi) is 5.28. The third-order valence-corrected chi connectivity index (χ3v) is 9.58. The molecule has 2 aromatic heterocycles. The minimum atomic E-state index is -0.131. The van der Waals surface area contributed by atoms with E-state index in [0.717, 1.165) is 16.6 Å². The number of rotatable bonds is 3. The molecular formula is C42H30N2. The van der Waals surface area contributed by atoms with Gasteiger partial charge in [0.25, 0.3) is 0 Å².